The molecule has 3 N–H and O–H groups in total. The lowest BCUT2D eigenvalue weighted by molar-refractivity contribution is -0.138. The van der Waals surface area contributed by atoms with Crippen LogP contribution in [0.1, 0.15) is 40.5 Å². The molecule has 8 heteroatoms. The minimum Gasteiger partial charge on any atom is -0.479 e. The Labute approximate surface area is 134 Å². The van der Waals surface area contributed by atoms with Gasteiger partial charge in [0.2, 0.25) is 11.8 Å². The van der Waals surface area contributed by atoms with Crippen molar-refractivity contribution in [3.63, 3.8) is 0 Å². The summed E-state index contributed by atoms with van der Waals surface area (Å²) in [5.41, 5.74) is 0. The van der Waals surface area contributed by atoms with E-state index in [2.05, 4.69) is 10.6 Å². The summed E-state index contributed by atoms with van der Waals surface area (Å²) < 4.78 is 4.75. The van der Waals surface area contributed by atoms with Crippen molar-refractivity contribution >= 4 is 23.7 Å². The third-order valence-electron chi connectivity index (χ3n) is 3.19. The summed E-state index contributed by atoms with van der Waals surface area (Å²) in [5, 5.41) is 13.5. The van der Waals surface area contributed by atoms with Crippen molar-refractivity contribution in [2.24, 2.45) is 11.8 Å². The first-order valence-electron chi connectivity index (χ1n) is 7.64. The number of carbonyl (C=O) groups is 4. The Morgan fingerprint density at radius 3 is 2.09 bits per heavy atom. The summed E-state index contributed by atoms with van der Waals surface area (Å²) >= 11 is 0. The molecule has 3 amide bonds. The fraction of sp³-hybridized carbons (Fsp3) is 0.733. The normalized spacial score (nSPS) is 21.0. The van der Waals surface area contributed by atoms with E-state index in [9.17, 15) is 19.2 Å². The van der Waals surface area contributed by atoms with E-state index in [0.717, 1.165) is 0 Å². The van der Waals surface area contributed by atoms with E-state index in [1.54, 1.807) is 0 Å². The number of carboxylic acids is 1. The number of rotatable bonds is 8. The van der Waals surface area contributed by atoms with Crippen LogP contribution in [0.25, 0.3) is 0 Å². The van der Waals surface area contributed by atoms with Crippen molar-refractivity contribution in [3.05, 3.63) is 0 Å². The number of imide groups is 1. The van der Waals surface area contributed by atoms with Gasteiger partial charge < -0.3 is 15.2 Å². The second kappa shape index (κ2) is 8.05. The highest BCUT2D eigenvalue weighted by Crippen LogP contribution is 2.22. The molecule has 0 saturated carbocycles. The molecule has 8 nitrogen and oxygen atoms in total. The van der Waals surface area contributed by atoms with Gasteiger partial charge in [0.15, 0.2) is 12.2 Å². The van der Waals surface area contributed by atoms with Crippen LogP contribution < -0.4 is 10.6 Å². The number of hydrogen-bond acceptors (Lipinski definition) is 5. The molecule has 0 spiro atoms. The van der Waals surface area contributed by atoms with Crippen LogP contribution in [0, 0.1) is 11.8 Å². The highest BCUT2D eigenvalue weighted by atomic mass is 16.6. The third-order valence-corrected chi connectivity index (χ3v) is 3.19. The van der Waals surface area contributed by atoms with Crippen LogP contribution in [0.4, 0.5) is 0 Å². The summed E-state index contributed by atoms with van der Waals surface area (Å²) in [6.45, 7) is 7.45. The quantitative estimate of drug-likeness (QED) is 0.541. The number of hydrogen-bond donors (Lipinski definition) is 3. The number of aliphatic carboxylic acids is 1. The molecular weight excluding hydrogens is 304 g/mol. The SMILES string of the molecule is CC(C)CC(=O)NC(=O)[C@H](CC(C)C)NC(=O)[C@H]1O[C@@H]1C(=O)O. The van der Waals surface area contributed by atoms with Crippen molar-refractivity contribution in [2.75, 3.05) is 0 Å². The van der Waals surface area contributed by atoms with Crippen molar-refractivity contribution in [1.29, 1.82) is 0 Å². The minimum atomic E-state index is -1.22. The van der Waals surface area contributed by atoms with E-state index in [0.29, 0.717) is 6.42 Å². The van der Waals surface area contributed by atoms with Crippen LogP contribution in [0.15, 0.2) is 0 Å². The maximum atomic E-state index is 12.2. The predicted molar refractivity (Wildman–Crippen MR) is 80.3 cm³/mol. The van der Waals surface area contributed by atoms with Crippen molar-refractivity contribution in [3.8, 4) is 0 Å². The smallest absolute Gasteiger partial charge is 0.336 e. The van der Waals surface area contributed by atoms with Gasteiger partial charge in [-0.05, 0) is 18.3 Å². The van der Waals surface area contributed by atoms with Gasteiger partial charge in [0.1, 0.15) is 6.04 Å². The van der Waals surface area contributed by atoms with E-state index in [1.807, 2.05) is 27.7 Å². The molecule has 1 rings (SSSR count). The lowest BCUT2D eigenvalue weighted by Gasteiger charge is -2.19. The molecule has 1 fully saturated rings. The molecule has 1 heterocycles. The van der Waals surface area contributed by atoms with E-state index in [-0.39, 0.29) is 18.3 Å². The van der Waals surface area contributed by atoms with Crippen molar-refractivity contribution in [1.82, 2.24) is 10.6 Å². The van der Waals surface area contributed by atoms with Crippen LogP contribution in [0.5, 0.6) is 0 Å². The van der Waals surface area contributed by atoms with Crippen LogP contribution in [0.3, 0.4) is 0 Å². The Hall–Kier alpha value is -1.96. The van der Waals surface area contributed by atoms with E-state index >= 15 is 0 Å². The second-order valence-corrected chi connectivity index (χ2v) is 6.52. The van der Waals surface area contributed by atoms with Gasteiger partial charge in [-0.3, -0.25) is 19.7 Å². The van der Waals surface area contributed by atoms with Crippen LogP contribution in [-0.4, -0.2) is 47.0 Å². The van der Waals surface area contributed by atoms with Gasteiger partial charge in [0, 0.05) is 6.42 Å². The standard InChI is InChI=1S/C15H24N2O6/c1-7(2)5-9(13(19)17-10(18)6-8(3)4)16-14(20)11-12(23-11)15(21)22/h7-9,11-12H,5-6H2,1-4H3,(H,16,20)(H,21,22)(H,17,18,19)/t9-,11-,12-/m0/s1. The molecule has 0 aromatic heterocycles. The molecule has 0 aromatic carbocycles. The van der Waals surface area contributed by atoms with Crippen LogP contribution >= 0.6 is 0 Å². The summed E-state index contributed by atoms with van der Waals surface area (Å²) in [4.78, 5) is 46.4. The molecule has 1 aliphatic rings. The van der Waals surface area contributed by atoms with Gasteiger partial charge in [-0.25, -0.2) is 4.79 Å². The van der Waals surface area contributed by atoms with E-state index < -0.39 is 41.9 Å². The number of carboxylic acid groups (broad SMARTS) is 1. The fourth-order valence-electron chi connectivity index (χ4n) is 2.10. The fourth-order valence-corrected chi connectivity index (χ4v) is 2.10. The molecule has 23 heavy (non-hydrogen) atoms. The first-order chi connectivity index (χ1) is 10.6. The zero-order valence-corrected chi connectivity index (χ0v) is 13.8. The number of amides is 3. The predicted octanol–water partition coefficient (Wildman–Crippen LogP) is 0.0582. The number of ether oxygens (including phenoxy) is 1. The highest BCUT2D eigenvalue weighted by Gasteiger charge is 2.51. The molecule has 0 aromatic rings. The maximum absolute atomic E-state index is 12.2. The molecular formula is C15H24N2O6. The lowest BCUT2D eigenvalue weighted by Crippen LogP contribution is -2.50. The van der Waals surface area contributed by atoms with Crippen molar-refractivity contribution in [2.45, 2.75) is 58.8 Å². The summed E-state index contributed by atoms with van der Waals surface area (Å²) in [6, 6.07) is -0.905. The van der Waals surface area contributed by atoms with Gasteiger partial charge in [0.25, 0.3) is 5.91 Å². The largest absolute Gasteiger partial charge is 0.479 e. The molecule has 0 bridgehead atoms. The van der Waals surface area contributed by atoms with Crippen LogP contribution in [-0.2, 0) is 23.9 Å². The number of carbonyl (C=O) groups excluding carboxylic acids is 3. The van der Waals surface area contributed by atoms with E-state index in [4.69, 9.17) is 9.84 Å². The first kappa shape index (κ1) is 19.1. The summed E-state index contributed by atoms with van der Waals surface area (Å²) in [7, 11) is 0. The zero-order chi connectivity index (χ0) is 17.7. The molecule has 0 radical (unpaired) electrons. The number of nitrogens with one attached hydrogen (secondary N) is 2. The topological polar surface area (TPSA) is 125 Å². The van der Waals surface area contributed by atoms with Crippen LogP contribution in [0.2, 0.25) is 0 Å². The number of epoxide rings is 1. The van der Waals surface area contributed by atoms with Gasteiger partial charge in [0.05, 0.1) is 0 Å². The lowest BCUT2D eigenvalue weighted by atomic mass is 10.0. The molecule has 1 aliphatic heterocycles. The Morgan fingerprint density at radius 1 is 1.04 bits per heavy atom. The molecule has 130 valence electrons. The first-order valence-corrected chi connectivity index (χ1v) is 7.64. The monoisotopic (exact) mass is 328 g/mol. The molecule has 3 atom stereocenters. The third kappa shape index (κ3) is 6.35. The molecule has 0 unspecified atom stereocenters. The average Bonchev–Trinajstić information content (AvgIpc) is 3.16. The Bertz CT molecular complexity index is 488. The zero-order valence-electron chi connectivity index (χ0n) is 13.8. The molecule has 0 aliphatic carbocycles. The van der Waals surface area contributed by atoms with Gasteiger partial charge in [-0.15, -0.1) is 0 Å². The summed E-state index contributed by atoms with van der Waals surface area (Å²) in [6.07, 6.45) is -1.71. The van der Waals surface area contributed by atoms with Crippen molar-refractivity contribution < 1.29 is 29.0 Å². The molecule has 1 saturated heterocycles. The maximum Gasteiger partial charge on any atom is 0.336 e. The average molecular weight is 328 g/mol. The Morgan fingerprint density at radius 2 is 1.65 bits per heavy atom. The Balaban J connectivity index is 2.61. The minimum absolute atomic E-state index is 0.0987. The van der Waals surface area contributed by atoms with Gasteiger partial charge in [-0.1, -0.05) is 27.7 Å². The van der Waals surface area contributed by atoms with Gasteiger partial charge >= 0.3 is 5.97 Å². The van der Waals surface area contributed by atoms with Gasteiger partial charge in [-0.2, -0.15) is 0 Å². The highest BCUT2D eigenvalue weighted by molar-refractivity contribution is 6.00. The Kier molecular flexibility index (Phi) is 6.68. The second-order valence-electron chi connectivity index (χ2n) is 6.52. The van der Waals surface area contributed by atoms with E-state index in [1.165, 1.54) is 0 Å². The summed E-state index contributed by atoms with van der Waals surface area (Å²) in [5.74, 6) is -2.67.